The Morgan fingerprint density at radius 1 is 1.32 bits per heavy atom. The van der Waals surface area contributed by atoms with Gasteiger partial charge in [-0.1, -0.05) is 19.1 Å². The van der Waals surface area contributed by atoms with Gasteiger partial charge in [0.1, 0.15) is 18.0 Å². The van der Waals surface area contributed by atoms with Crippen LogP contribution in [-0.4, -0.2) is 23.4 Å². The van der Waals surface area contributed by atoms with E-state index in [2.05, 4.69) is 15.3 Å². The molecule has 0 aliphatic heterocycles. The van der Waals surface area contributed by atoms with E-state index in [1.54, 1.807) is 30.5 Å². The number of hydrogen-bond donors (Lipinski definition) is 5. The number of amidine groups is 1. The third-order valence-corrected chi connectivity index (χ3v) is 3.81. The second kappa shape index (κ2) is 8.58. The largest absolute Gasteiger partial charge is 0.382 e. The van der Waals surface area contributed by atoms with E-state index < -0.39 is 0 Å². The van der Waals surface area contributed by atoms with Crippen molar-refractivity contribution >= 4 is 24.1 Å². The topological polar surface area (TPSA) is 114 Å². The first-order valence-electron chi connectivity index (χ1n) is 7.83. The normalized spacial score (nSPS) is 13.4. The Morgan fingerprint density at radius 3 is 2.72 bits per heavy atom. The third-order valence-electron chi connectivity index (χ3n) is 3.81. The van der Waals surface area contributed by atoms with Crippen molar-refractivity contribution in [1.29, 1.82) is 10.8 Å². The Balaban J connectivity index is 2.26. The molecule has 2 rings (SSSR count). The highest BCUT2D eigenvalue weighted by Gasteiger charge is 2.16. The molecule has 0 bridgehead atoms. The Kier molecular flexibility index (Phi) is 6.22. The molecule has 0 amide bonds. The van der Waals surface area contributed by atoms with Crippen LogP contribution in [0, 0.1) is 16.6 Å². The average Bonchev–Trinajstić information content (AvgIpc) is 3.10. The van der Waals surface area contributed by atoms with Crippen molar-refractivity contribution in [2.45, 2.75) is 19.3 Å². The molecule has 0 aliphatic carbocycles. The van der Waals surface area contributed by atoms with Crippen LogP contribution in [0.1, 0.15) is 30.7 Å². The standard InChI is InChI=1S/C18H21FN6/c1-2-13(15-7-8-17(25-15)18(22)24-11-21)12(9-20)10-23-16-6-4-3-5-14(16)19/h3-11,13,20,23,25H,2H2,1H3,(H3,21,22,24)/b12-10+,20-9?. The summed E-state index contributed by atoms with van der Waals surface area (Å²) in [5.74, 6) is -0.215. The zero-order chi connectivity index (χ0) is 18.2. The molecule has 7 heteroatoms. The molecule has 1 unspecified atom stereocenters. The number of rotatable bonds is 8. The maximum Gasteiger partial charge on any atom is 0.148 e. The van der Waals surface area contributed by atoms with Gasteiger partial charge in [0, 0.05) is 24.0 Å². The monoisotopic (exact) mass is 340 g/mol. The highest BCUT2D eigenvalue weighted by Crippen LogP contribution is 2.26. The predicted molar refractivity (Wildman–Crippen MR) is 100 cm³/mol. The Hall–Kier alpha value is -3.22. The summed E-state index contributed by atoms with van der Waals surface area (Å²) in [7, 11) is 0. The molecule has 0 saturated carbocycles. The minimum absolute atomic E-state index is 0.0849. The van der Waals surface area contributed by atoms with Crippen molar-refractivity contribution in [2.75, 3.05) is 5.32 Å². The number of nitrogens with zero attached hydrogens (tertiary/aromatic N) is 1. The van der Waals surface area contributed by atoms with Crippen LogP contribution in [-0.2, 0) is 0 Å². The smallest absolute Gasteiger partial charge is 0.148 e. The molecule has 0 spiro atoms. The Labute approximate surface area is 145 Å². The first kappa shape index (κ1) is 18.1. The molecule has 6 nitrogen and oxygen atoms in total. The maximum absolute atomic E-state index is 13.7. The number of nitrogens with one attached hydrogen (secondary N) is 4. The van der Waals surface area contributed by atoms with E-state index in [0.29, 0.717) is 17.0 Å². The molecule has 1 aromatic carbocycles. The Morgan fingerprint density at radius 2 is 2.08 bits per heavy atom. The van der Waals surface area contributed by atoms with E-state index in [4.69, 9.17) is 16.6 Å². The number of aromatic nitrogens is 1. The van der Waals surface area contributed by atoms with Crippen LogP contribution >= 0.6 is 0 Å². The Bertz CT molecular complexity index is 805. The van der Waals surface area contributed by atoms with Crippen LogP contribution < -0.4 is 11.1 Å². The molecular formula is C18H21FN6. The number of benzene rings is 1. The molecular weight excluding hydrogens is 319 g/mol. The molecule has 130 valence electrons. The van der Waals surface area contributed by atoms with Crippen LogP contribution in [0.2, 0.25) is 0 Å². The molecule has 1 atom stereocenters. The van der Waals surface area contributed by atoms with Crippen LogP contribution in [0.4, 0.5) is 10.1 Å². The van der Waals surface area contributed by atoms with Gasteiger partial charge in [0.15, 0.2) is 0 Å². The van der Waals surface area contributed by atoms with Gasteiger partial charge in [-0.25, -0.2) is 9.38 Å². The van der Waals surface area contributed by atoms with Crippen molar-refractivity contribution in [3.05, 3.63) is 65.4 Å². The summed E-state index contributed by atoms with van der Waals surface area (Å²) in [5.41, 5.74) is 8.30. The predicted octanol–water partition coefficient (Wildman–Crippen LogP) is 3.61. The summed E-state index contributed by atoms with van der Waals surface area (Å²) in [6.07, 6.45) is 4.50. The molecule has 1 aromatic heterocycles. The van der Waals surface area contributed by atoms with Crippen molar-refractivity contribution in [3.8, 4) is 0 Å². The average molecular weight is 340 g/mol. The number of hydrogen-bond acceptors (Lipinski definition) is 3. The first-order chi connectivity index (χ1) is 12.1. The number of aliphatic imine (C=N–C) groups is 1. The highest BCUT2D eigenvalue weighted by atomic mass is 19.1. The minimum Gasteiger partial charge on any atom is -0.382 e. The van der Waals surface area contributed by atoms with E-state index in [1.165, 1.54) is 12.3 Å². The minimum atomic E-state index is -0.353. The summed E-state index contributed by atoms with van der Waals surface area (Å²) < 4.78 is 13.7. The number of H-pyrrole nitrogens is 1. The molecule has 0 fully saturated rings. The number of allylic oxidation sites excluding steroid dienone is 1. The molecule has 2 aromatic rings. The fourth-order valence-corrected chi connectivity index (χ4v) is 2.52. The van der Waals surface area contributed by atoms with Gasteiger partial charge in [-0.3, -0.25) is 5.41 Å². The van der Waals surface area contributed by atoms with E-state index in [0.717, 1.165) is 18.5 Å². The lowest BCUT2D eigenvalue weighted by molar-refractivity contribution is 0.631. The van der Waals surface area contributed by atoms with Crippen LogP contribution in [0.15, 0.2) is 53.2 Å². The molecule has 0 aliphatic rings. The van der Waals surface area contributed by atoms with Gasteiger partial charge in [-0.2, -0.15) is 0 Å². The SMILES string of the molecule is CCC(/C(C=N)=C/Nc1ccccc1F)c1ccc(/C(N)=N\C=N)[nH]1. The van der Waals surface area contributed by atoms with Crippen molar-refractivity contribution < 1.29 is 4.39 Å². The van der Waals surface area contributed by atoms with Gasteiger partial charge in [0.05, 0.1) is 11.4 Å². The van der Waals surface area contributed by atoms with E-state index in [-0.39, 0.29) is 17.6 Å². The lowest BCUT2D eigenvalue weighted by atomic mass is 9.94. The summed E-state index contributed by atoms with van der Waals surface area (Å²) in [5, 5.41) is 17.6. The third kappa shape index (κ3) is 4.41. The van der Waals surface area contributed by atoms with Crippen molar-refractivity contribution in [2.24, 2.45) is 10.7 Å². The van der Waals surface area contributed by atoms with Gasteiger partial charge >= 0.3 is 0 Å². The fourth-order valence-electron chi connectivity index (χ4n) is 2.52. The number of para-hydroxylation sites is 1. The van der Waals surface area contributed by atoms with Gasteiger partial charge in [-0.05, 0) is 36.3 Å². The van der Waals surface area contributed by atoms with Crippen LogP contribution in [0.5, 0.6) is 0 Å². The van der Waals surface area contributed by atoms with Gasteiger partial charge < -0.3 is 21.4 Å². The first-order valence-corrected chi connectivity index (χ1v) is 7.83. The van der Waals surface area contributed by atoms with E-state index in [9.17, 15) is 4.39 Å². The van der Waals surface area contributed by atoms with Crippen molar-refractivity contribution in [1.82, 2.24) is 4.98 Å². The molecule has 25 heavy (non-hydrogen) atoms. The lowest BCUT2D eigenvalue weighted by Crippen LogP contribution is -2.14. The second-order valence-corrected chi connectivity index (χ2v) is 5.34. The van der Waals surface area contributed by atoms with Crippen LogP contribution in [0.25, 0.3) is 0 Å². The van der Waals surface area contributed by atoms with Crippen molar-refractivity contribution in [3.63, 3.8) is 0 Å². The zero-order valence-electron chi connectivity index (χ0n) is 13.9. The van der Waals surface area contributed by atoms with Gasteiger partial charge in [0.25, 0.3) is 0 Å². The van der Waals surface area contributed by atoms with Gasteiger partial charge in [0.2, 0.25) is 0 Å². The van der Waals surface area contributed by atoms with E-state index >= 15 is 0 Å². The maximum atomic E-state index is 13.7. The summed E-state index contributed by atoms with van der Waals surface area (Å²) in [4.78, 5) is 6.90. The second-order valence-electron chi connectivity index (χ2n) is 5.34. The fraction of sp³-hybridized carbons (Fsp3) is 0.167. The van der Waals surface area contributed by atoms with E-state index in [1.807, 2.05) is 13.0 Å². The molecule has 0 radical (unpaired) electrons. The molecule has 0 saturated heterocycles. The summed E-state index contributed by atoms with van der Waals surface area (Å²) >= 11 is 0. The lowest BCUT2D eigenvalue weighted by Gasteiger charge is -2.15. The highest BCUT2D eigenvalue weighted by molar-refractivity contribution is 5.99. The summed E-state index contributed by atoms with van der Waals surface area (Å²) in [6, 6.07) is 10.0. The quantitative estimate of drug-likeness (QED) is 0.373. The summed E-state index contributed by atoms with van der Waals surface area (Å²) in [6.45, 7) is 2.00. The number of anilines is 1. The molecule has 6 N–H and O–H groups in total. The molecule has 1 heterocycles. The number of aromatic amines is 1. The van der Waals surface area contributed by atoms with Crippen LogP contribution in [0.3, 0.4) is 0 Å². The zero-order valence-corrected chi connectivity index (χ0v) is 13.9. The number of halogens is 1. The van der Waals surface area contributed by atoms with Gasteiger partial charge in [-0.15, -0.1) is 0 Å². The number of nitrogens with two attached hydrogens (primary N) is 1.